The van der Waals surface area contributed by atoms with Crippen LogP contribution in [0.3, 0.4) is 0 Å². The topological polar surface area (TPSA) is 130 Å². The van der Waals surface area contributed by atoms with E-state index in [4.69, 9.17) is 14.9 Å². The van der Waals surface area contributed by atoms with Crippen molar-refractivity contribution in [3.05, 3.63) is 49.1 Å². The van der Waals surface area contributed by atoms with E-state index in [9.17, 15) is 19.2 Å². The Morgan fingerprint density at radius 1 is 0.682 bits per heavy atom. The van der Waals surface area contributed by atoms with Crippen molar-refractivity contribution < 1.29 is 38.9 Å². The smallest absolute Gasteiger partial charge is 0.333 e. The van der Waals surface area contributed by atoms with Crippen molar-refractivity contribution in [2.75, 3.05) is 33.9 Å². The Labute approximate surface area is 268 Å². The molecule has 0 heterocycles. The predicted octanol–water partition coefficient (Wildman–Crippen LogP) is 8.16. The minimum absolute atomic E-state index is 0.258. The molecule has 0 amide bonds. The Morgan fingerprint density at radius 2 is 1.11 bits per heavy atom. The summed E-state index contributed by atoms with van der Waals surface area (Å²) in [5.74, 6) is -2.39. The molecule has 0 aromatic carbocycles. The van der Waals surface area contributed by atoms with Crippen LogP contribution in [-0.2, 0) is 28.7 Å². The van der Waals surface area contributed by atoms with Crippen molar-refractivity contribution in [1.82, 2.24) is 4.90 Å². The Kier molecular flexibility index (Phi) is 39.0. The molecule has 0 fully saturated rings. The van der Waals surface area contributed by atoms with E-state index in [1.165, 1.54) is 63.9 Å². The van der Waals surface area contributed by atoms with Crippen molar-refractivity contribution in [3.8, 4) is 0 Å². The first-order valence-corrected chi connectivity index (χ1v) is 15.8. The van der Waals surface area contributed by atoms with Crippen LogP contribution in [0, 0.1) is 0 Å². The van der Waals surface area contributed by atoms with E-state index >= 15 is 0 Å². The van der Waals surface area contributed by atoms with Crippen LogP contribution in [0.4, 0.5) is 0 Å². The van der Waals surface area contributed by atoms with Crippen LogP contribution in [0.2, 0.25) is 0 Å². The molecule has 9 heteroatoms. The number of unbranched alkanes of at least 4 members (excludes halogenated alkanes) is 10. The second-order valence-corrected chi connectivity index (χ2v) is 10.5. The fraction of sp³-hybridized carbons (Fsp3) is 0.657. The van der Waals surface area contributed by atoms with Crippen molar-refractivity contribution in [2.45, 2.75) is 118 Å². The normalized spacial score (nSPS) is 9.52. The molecule has 0 aliphatic rings. The van der Waals surface area contributed by atoms with Gasteiger partial charge >= 0.3 is 23.9 Å². The first-order chi connectivity index (χ1) is 20.7. The van der Waals surface area contributed by atoms with Crippen molar-refractivity contribution in [3.63, 3.8) is 0 Å². The highest BCUT2D eigenvalue weighted by atomic mass is 16.5. The molecule has 0 rings (SSSR count). The number of nitrogens with zero attached hydrogens (tertiary/aromatic N) is 1. The Balaban J connectivity index is -0.000000262. The third kappa shape index (κ3) is 43.3. The second-order valence-electron chi connectivity index (χ2n) is 10.5. The van der Waals surface area contributed by atoms with Gasteiger partial charge < -0.3 is 24.6 Å². The highest BCUT2D eigenvalue weighted by molar-refractivity contribution is 5.87. The molecule has 0 atom stereocenters. The molecule has 0 radical (unpaired) electrons. The zero-order valence-electron chi connectivity index (χ0n) is 28.7. The number of hydrogen-bond acceptors (Lipinski definition) is 7. The minimum Gasteiger partial charge on any atom is -0.478 e. The Hall–Kier alpha value is -3.20. The van der Waals surface area contributed by atoms with Crippen LogP contribution < -0.4 is 0 Å². The van der Waals surface area contributed by atoms with Crippen molar-refractivity contribution in [2.24, 2.45) is 0 Å². The van der Waals surface area contributed by atoms with Gasteiger partial charge in [-0.2, -0.15) is 0 Å². The summed E-state index contributed by atoms with van der Waals surface area (Å²) in [4.78, 5) is 43.4. The number of carbonyl (C=O) groups is 4. The first kappa shape index (κ1) is 47.7. The molecule has 0 saturated carbocycles. The highest BCUT2D eigenvalue weighted by Crippen LogP contribution is 2.10. The van der Waals surface area contributed by atoms with Crippen LogP contribution in [0.5, 0.6) is 0 Å². The van der Waals surface area contributed by atoms with Gasteiger partial charge in [0.25, 0.3) is 0 Å². The summed E-state index contributed by atoms with van der Waals surface area (Å²) in [7, 11) is 3.80. The molecule has 0 spiro atoms. The summed E-state index contributed by atoms with van der Waals surface area (Å²) in [5, 5.41) is 16.5. The lowest BCUT2D eigenvalue weighted by Crippen LogP contribution is -2.15. The highest BCUT2D eigenvalue weighted by Gasteiger charge is 2.03. The summed E-state index contributed by atoms with van der Waals surface area (Å²) in [6, 6.07) is 0. The fourth-order valence-electron chi connectivity index (χ4n) is 2.87. The van der Waals surface area contributed by atoms with E-state index < -0.39 is 11.9 Å². The first-order valence-electron chi connectivity index (χ1n) is 15.8. The third-order valence-corrected chi connectivity index (χ3v) is 5.88. The second kappa shape index (κ2) is 36.0. The molecule has 0 saturated heterocycles. The van der Waals surface area contributed by atoms with Gasteiger partial charge in [0, 0.05) is 29.3 Å². The number of carboxylic acids is 2. The number of hydrogen-bond donors (Lipinski definition) is 2. The van der Waals surface area contributed by atoms with Gasteiger partial charge in [0.1, 0.15) is 0 Å². The van der Waals surface area contributed by atoms with Gasteiger partial charge in [-0.05, 0) is 46.7 Å². The zero-order chi connectivity index (χ0) is 34.8. The number of carbonyl (C=O) groups excluding carboxylic acids is 2. The van der Waals surface area contributed by atoms with E-state index in [1.807, 2.05) is 25.9 Å². The maximum absolute atomic E-state index is 11.1. The van der Waals surface area contributed by atoms with Gasteiger partial charge in [-0.25, -0.2) is 19.2 Å². The lowest BCUT2D eigenvalue weighted by molar-refractivity contribution is -0.139. The summed E-state index contributed by atoms with van der Waals surface area (Å²) in [5.41, 5.74) is 1.02. The van der Waals surface area contributed by atoms with Crippen LogP contribution in [0.1, 0.15) is 118 Å². The van der Waals surface area contributed by atoms with Gasteiger partial charge in [0.2, 0.25) is 0 Å². The third-order valence-electron chi connectivity index (χ3n) is 5.88. The lowest BCUT2D eigenvalue weighted by Gasteiger charge is -2.07. The molecule has 256 valence electrons. The summed E-state index contributed by atoms with van der Waals surface area (Å²) < 4.78 is 9.71. The van der Waals surface area contributed by atoms with Crippen LogP contribution >= 0.6 is 0 Å². The SMILES string of the molecule is C=C(C)C(=O)OCCCCCCCCCCCC.C=C(CC)C(=O)O.C=C(CCN(C)C)C(=O)O.C=CC(=O)OCCCC. The van der Waals surface area contributed by atoms with Gasteiger partial charge in [-0.1, -0.05) is 111 Å². The van der Waals surface area contributed by atoms with E-state index in [0.29, 0.717) is 31.6 Å². The number of carboxylic acid groups (broad SMARTS) is 2. The monoisotopic (exact) mass is 625 g/mol. The van der Waals surface area contributed by atoms with Crippen molar-refractivity contribution >= 4 is 23.9 Å². The van der Waals surface area contributed by atoms with Crippen LogP contribution in [0.25, 0.3) is 0 Å². The predicted molar refractivity (Wildman–Crippen MR) is 181 cm³/mol. The molecule has 0 bridgehead atoms. The average Bonchev–Trinajstić information content (AvgIpc) is 2.98. The molecule has 2 N–H and O–H groups in total. The van der Waals surface area contributed by atoms with Gasteiger partial charge in [0.05, 0.1) is 13.2 Å². The molecule has 0 aromatic rings. The Morgan fingerprint density at radius 3 is 1.45 bits per heavy atom. The molecule has 44 heavy (non-hydrogen) atoms. The maximum atomic E-state index is 11.1. The number of esters is 2. The largest absolute Gasteiger partial charge is 0.478 e. The van der Waals surface area contributed by atoms with E-state index in [2.05, 4.69) is 38.0 Å². The van der Waals surface area contributed by atoms with Gasteiger partial charge in [-0.15, -0.1) is 0 Å². The van der Waals surface area contributed by atoms with E-state index in [1.54, 1.807) is 13.8 Å². The summed E-state index contributed by atoms with van der Waals surface area (Å²) in [6.45, 7) is 23.0. The Bertz CT molecular complexity index is 818. The molecule has 0 aliphatic heterocycles. The molecule has 0 aromatic heterocycles. The average molecular weight is 626 g/mol. The molecular weight excluding hydrogens is 562 g/mol. The number of rotatable bonds is 22. The van der Waals surface area contributed by atoms with E-state index in [-0.39, 0.29) is 23.1 Å². The molecule has 0 unspecified atom stereocenters. The standard InChI is InChI=1S/C16H30O2.C7H13NO2.C7H12O2.C5H8O2/c1-4-5-6-7-8-9-10-11-12-13-14-18-16(17)15(2)3;1-6(7(9)10)4-5-8(2)3;1-3-5-6-9-7(8)4-2;1-3-4(2)5(6)7/h2,4-14H2,1,3H3;1,4-5H2,2-3H3,(H,9,10);4H,2-3,5-6H2,1H3;2-3H2,1H3,(H,6,7). The van der Waals surface area contributed by atoms with Crippen molar-refractivity contribution in [1.29, 1.82) is 0 Å². The van der Waals surface area contributed by atoms with Gasteiger partial charge in [-0.3, -0.25) is 0 Å². The van der Waals surface area contributed by atoms with Crippen LogP contribution in [0.15, 0.2) is 49.1 Å². The summed E-state index contributed by atoms with van der Waals surface area (Å²) >= 11 is 0. The quantitative estimate of drug-likeness (QED) is 0.0695. The number of ether oxygens (including phenoxy) is 2. The number of aliphatic carboxylic acids is 2. The maximum Gasteiger partial charge on any atom is 0.333 e. The fourth-order valence-corrected chi connectivity index (χ4v) is 2.87. The lowest BCUT2D eigenvalue weighted by atomic mass is 10.1. The summed E-state index contributed by atoms with van der Waals surface area (Å²) in [6.07, 6.45) is 17.2. The van der Waals surface area contributed by atoms with Crippen LogP contribution in [-0.4, -0.2) is 72.8 Å². The van der Waals surface area contributed by atoms with Gasteiger partial charge in [0.15, 0.2) is 0 Å². The molecular formula is C35H63NO8. The van der Waals surface area contributed by atoms with E-state index in [0.717, 1.165) is 25.8 Å². The molecule has 9 nitrogen and oxygen atoms in total. The minimum atomic E-state index is -0.901. The molecule has 0 aliphatic carbocycles. The zero-order valence-corrected chi connectivity index (χ0v) is 28.7.